The van der Waals surface area contributed by atoms with Gasteiger partial charge >= 0.3 is 0 Å². The second-order valence-corrected chi connectivity index (χ2v) is 6.53. The average Bonchev–Trinajstić information content (AvgIpc) is 3.31. The number of anilines is 1. The zero-order chi connectivity index (χ0) is 19.4. The molecule has 0 unspecified atom stereocenters. The van der Waals surface area contributed by atoms with E-state index in [2.05, 4.69) is 10.3 Å². The van der Waals surface area contributed by atoms with Gasteiger partial charge in [-0.25, -0.2) is 4.98 Å². The van der Waals surface area contributed by atoms with Crippen molar-refractivity contribution in [1.29, 1.82) is 0 Å². The van der Waals surface area contributed by atoms with Gasteiger partial charge in [0.2, 0.25) is 5.91 Å². The van der Waals surface area contributed by atoms with Gasteiger partial charge in [-0.1, -0.05) is 6.07 Å². The van der Waals surface area contributed by atoms with Crippen molar-refractivity contribution in [2.45, 2.75) is 6.92 Å². The Hall–Kier alpha value is -3.39. The van der Waals surface area contributed by atoms with E-state index in [1.807, 2.05) is 12.3 Å². The molecule has 3 aromatic rings. The number of aromatic hydroxyl groups is 1. The molecule has 0 fully saturated rings. The summed E-state index contributed by atoms with van der Waals surface area (Å²) in [5.41, 5.74) is 1.98. The molecule has 8 heteroatoms. The van der Waals surface area contributed by atoms with Gasteiger partial charge in [-0.15, -0.1) is 11.3 Å². The molecule has 138 valence electrons. The number of phenols is 1. The van der Waals surface area contributed by atoms with Crippen LogP contribution in [0.25, 0.3) is 6.08 Å². The number of aryl methyl sites for hydroxylation is 1. The van der Waals surface area contributed by atoms with Gasteiger partial charge in [0, 0.05) is 18.5 Å². The van der Waals surface area contributed by atoms with Crippen molar-refractivity contribution in [3.8, 4) is 11.5 Å². The number of nitrogens with one attached hydrogen (secondary N) is 1. The molecule has 27 heavy (non-hydrogen) atoms. The predicted molar refractivity (Wildman–Crippen MR) is 103 cm³/mol. The van der Waals surface area contributed by atoms with E-state index in [-0.39, 0.29) is 17.6 Å². The highest BCUT2D eigenvalue weighted by atomic mass is 32.1. The number of aromatic nitrogens is 2. The molecule has 0 aliphatic rings. The summed E-state index contributed by atoms with van der Waals surface area (Å²) in [6.45, 7) is 1.82. The van der Waals surface area contributed by atoms with E-state index in [0.717, 1.165) is 5.56 Å². The average molecular weight is 383 g/mol. The van der Waals surface area contributed by atoms with Crippen LogP contribution in [0, 0.1) is 6.92 Å². The monoisotopic (exact) mass is 383 g/mol. The molecule has 1 amide bonds. The van der Waals surface area contributed by atoms with E-state index in [0.29, 0.717) is 21.9 Å². The Bertz CT molecular complexity index is 1010. The molecule has 0 saturated carbocycles. The van der Waals surface area contributed by atoms with Crippen molar-refractivity contribution in [2.24, 2.45) is 0 Å². The maximum Gasteiger partial charge on any atom is 0.275 e. The second kappa shape index (κ2) is 7.88. The number of imidazole rings is 1. The molecular weight excluding hydrogens is 366 g/mol. The third kappa shape index (κ3) is 4.06. The van der Waals surface area contributed by atoms with Crippen LogP contribution in [-0.4, -0.2) is 33.6 Å². The molecule has 0 aliphatic heterocycles. The van der Waals surface area contributed by atoms with Crippen LogP contribution in [0.3, 0.4) is 0 Å². The number of rotatable bonds is 5. The van der Waals surface area contributed by atoms with E-state index < -0.39 is 0 Å². The van der Waals surface area contributed by atoms with E-state index in [1.165, 1.54) is 47.7 Å². The maximum absolute atomic E-state index is 12.5. The van der Waals surface area contributed by atoms with Gasteiger partial charge in [-0.05, 0) is 41.6 Å². The van der Waals surface area contributed by atoms with Crippen molar-refractivity contribution >= 4 is 34.9 Å². The van der Waals surface area contributed by atoms with Crippen molar-refractivity contribution in [1.82, 2.24) is 9.55 Å². The molecule has 1 aromatic carbocycles. The molecule has 7 nitrogen and oxygen atoms in total. The van der Waals surface area contributed by atoms with E-state index in [4.69, 9.17) is 4.74 Å². The minimum absolute atomic E-state index is 0.0238. The minimum atomic E-state index is -0.372. The standard InChI is InChI=1S/C19H17N3O4S/c1-12-10-27-18(19(25)22-8-7-20-11-22)17(12)21-16(24)6-4-13-3-5-14(23)15(9-13)26-2/h3-11,23H,1-2H3,(H,21,24). The van der Waals surface area contributed by atoms with Gasteiger partial charge in [0.1, 0.15) is 11.2 Å². The topological polar surface area (TPSA) is 93.5 Å². The van der Waals surface area contributed by atoms with Crippen molar-refractivity contribution in [2.75, 3.05) is 12.4 Å². The maximum atomic E-state index is 12.5. The van der Waals surface area contributed by atoms with Gasteiger partial charge in [0.05, 0.1) is 12.8 Å². The molecule has 0 bridgehead atoms. The normalized spacial score (nSPS) is 10.9. The molecule has 0 aliphatic carbocycles. The number of benzene rings is 1. The van der Waals surface area contributed by atoms with Crippen LogP contribution in [0.2, 0.25) is 0 Å². The Morgan fingerprint density at radius 1 is 1.37 bits per heavy atom. The van der Waals surface area contributed by atoms with Gasteiger partial charge in [-0.3, -0.25) is 14.2 Å². The number of hydrogen-bond donors (Lipinski definition) is 2. The zero-order valence-corrected chi connectivity index (χ0v) is 15.5. The summed E-state index contributed by atoms with van der Waals surface area (Å²) in [4.78, 5) is 29.1. The Balaban J connectivity index is 1.77. The summed E-state index contributed by atoms with van der Waals surface area (Å²) in [5.74, 6) is -0.286. The molecule has 3 rings (SSSR count). The number of ether oxygens (including phenoxy) is 1. The van der Waals surface area contributed by atoms with Crippen LogP contribution in [0.4, 0.5) is 5.69 Å². The quantitative estimate of drug-likeness (QED) is 0.660. The lowest BCUT2D eigenvalue weighted by Gasteiger charge is -2.06. The fourth-order valence-corrected chi connectivity index (χ4v) is 3.34. The fourth-order valence-electron chi connectivity index (χ4n) is 2.39. The summed E-state index contributed by atoms with van der Waals surface area (Å²) in [7, 11) is 1.45. The molecule has 0 saturated heterocycles. The third-order valence-electron chi connectivity index (χ3n) is 3.79. The lowest BCUT2D eigenvalue weighted by Crippen LogP contribution is -2.14. The van der Waals surface area contributed by atoms with Crippen LogP contribution < -0.4 is 10.1 Å². The van der Waals surface area contributed by atoms with Crippen LogP contribution >= 0.6 is 11.3 Å². The molecule has 0 radical (unpaired) electrons. The van der Waals surface area contributed by atoms with Crippen LogP contribution in [-0.2, 0) is 4.79 Å². The number of nitrogens with zero attached hydrogens (tertiary/aromatic N) is 2. The number of hydrogen-bond acceptors (Lipinski definition) is 6. The second-order valence-electron chi connectivity index (χ2n) is 5.65. The SMILES string of the molecule is COc1cc(C=CC(=O)Nc2c(C)csc2C(=O)n2ccnc2)ccc1O. The Labute approximate surface area is 159 Å². The van der Waals surface area contributed by atoms with Crippen molar-refractivity contribution < 1.29 is 19.4 Å². The molecular formula is C19H17N3O4S. The molecule has 2 N–H and O–H groups in total. The number of carbonyl (C=O) groups is 2. The van der Waals surface area contributed by atoms with E-state index >= 15 is 0 Å². The largest absolute Gasteiger partial charge is 0.504 e. The fraction of sp³-hybridized carbons (Fsp3) is 0.105. The number of phenolic OH excluding ortho intramolecular Hbond substituents is 1. The first-order valence-corrected chi connectivity index (χ1v) is 8.84. The third-order valence-corrected chi connectivity index (χ3v) is 4.87. The lowest BCUT2D eigenvalue weighted by atomic mass is 10.2. The number of methoxy groups -OCH3 is 1. The number of amides is 1. The lowest BCUT2D eigenvalue weighted by molar-refractivity contribution is -0.111. The van der Waals surface area contributed by atoms with Gasteiger partial charge < -0.3 is 15.2 Å². The first-order chi connectivity index (χ1) is 13.0. The highest BCUT2D eigenvalue weighted by Crippen LogP contribution is 2.29. The first-order valence-electron chi connectivity index (χ1n) is 7.96. The van der Waals surface area contributed by atoms with Gasteiger partial charge in [0.15, 0.2) is 11.5 Å². The molecule has 0 atom stereocenters. The molecule has 2 aromatic heterocycles. The van der Waals surface area contributed by atoms with E-state index in [9.17, 15) is 14.7 Å². The highest BCUT2D eigenvalue weighted by Gasteiger charge is 2.18. The summed E-state index contributed by atoms with van der Waals surface area (Å²) in [6.07, 6.45) is 7.44. The Kier molecular flexibility index (Phi) is 5.37. The van der Waals surface area contributed by atoms with Gasteiger partial charge in [0.25, 0.3) is 5.91 Å². The first kappa shape index (κ1) is 18.4. The van der Waals surface area contributed by atoms with Gasteiger partial charge in [-0.2, -0.15) is 0 Å². The zero-order valence-electron chi connectivity index (χ0n) is 14.7. The summed E-state index contributed by atoms with van der Waals surface area (Å²) >= 11 is 1.26. The Morgan fingerprint density at radius 3 is 2.89 bits per heavy atom. The van der Waals surface area contributed by atoms with E-state index in [1.54, 1.807) is 24.4 Å². The molecule has 2 heterocycles. The summed E-state index contributed by atoms with van der Waals surface area (Å²) in [5, 5.41) is 14.2. The van der Waals surface area contributed by atoms with Crippen LogP contribution in [0.15, 0.2) is 48.4 Å². The van der Waals surface area contributed by atoms with Crippen molar-refractivity contribution in [3.05, 3.63) is 64.4 Å². The number of thiophene rings is 1. The minimum Gasteiger partial charge on any atom is -0.504 e. The highest BCUT2D eigenvalue weighted by molar-refractivity contribution is 7.13. The van der Waals surface area contributed by atoms with Crippen LogP contribution in [0.5, 0.6) is 11.5 Å². The Morgan fingerprint density at radius 2 is 2.19 bits per heavy atom. The summed E-state index contributed by atoms with van der Waals surface area (Å²) < 4.78 is 6.40. The predicted octanol–water partition coefficient (Wildman–Crippen LogP) is 3.31. The van der Waals surface area contributed by atoms with Crippen molar-refractivity contribution in [3.63, 3.8) is 0 Å². The van der Waals surface area contributed by atoms with Crippen LogP contribution in [0.1, 0.15) is 20.8 Å². The summed E-state index contributed by atoms with van der Waals surface area (Å²) in [6, 6.07) is 4.76. The number of carbonyl (C=O) groups excluding carboxylic acids is 2. The smallest absolute Gasteiger partial charge is 0.275 e. The molecule has 0 spiro atoms.